The number of nitrogens with two attached hydrogens (primary N) is 1. The van der Waals surface area contributed by atoms with Gasteiger partial charge in [0.15, 0.2) is 0 Å². The third-order valence-electron chi connectivity index (χ3n) is 5.42. The number of halogens is 1. The summed E-state index contributed by atoms with van der Waals surface area (Å²) in [5, 5.41) is 0.737. The van der Waals surface area contributed by atoms with Gasteiger partial charge >= 0.3 is 0 Å². The zero-order chi connectivity index (χ0) is 20.1. The molecular formula is C26H25ClN2. The van der Waals surface area contributed by atoms with Crippen molar-refractivity contribution in [1.29, 1.82) is 0 Å². The molecule has 1 fully saturated rings. The molecule has 0 saturated heterocycles. The van der Waals surface area contributed by atoms with Crippen LogP contribution in [0.25, 0.3) is 11.1 Å². The molecule has 1 aliphatic rings. The predicted octanol–water partition coefficient (Wildman–Crippen LogP) is 5.67. The Morgan fingerprint density at radius 3 is 2.28 bits per heavy atom. The van der Waals surface area contributed by atoms with Crippen LogP contribution >= 0.6 is 11.6 Å². The minimum atomic E-state index is 0.324. The number of hydrogen-bond acceptors (Lipinski definition) is 2. The third kappa shape index (κ3) is 5.70. The van der Waals surface area contributed by atoms with Crippen molar-refractivity contribution < 1.29 is 0 Å². The summed E-state index contributed by atoms with van der Waals surface area (Å²) >= 11 is 5.94. The lowest BCUT2D eigenvalue weighted by atomic mass is 10.0. The van der Waals surface area contributed by atoms with Crippen LogP contribution in [0.3, 0.4) is 0 Å². The van der Waals surface area contributed by atoms with Crippen molar-refractivity contribution in [2.45, 2.75) is 38.1 Å². The van der Waals surface area contributed by atoms with Crippen LogP contribution in [0.4, 0.5) is 0 Å². The highest BCUT2D eigenvalue weighted by atomic mass is 35.5. The largest absolute Gasteiger partial charge is 0.327 e. The molecule has 0 amide bonds. The van der Waals surface area contributed by atoms with Gasteiger partial charge in [0.05, 0.1) is 0 Å². The summed E-state index contributed by atoms with van der Waals surface area (Å²) in [6.45, 7) is 0. The van der Waals surface area contributed by atoms with Crippen LogP contribution in [0.5, 0.6) is 0 Å². The van der Waals surface area contributed by atoms with Crippen LogP contribution in [0, 0.1) is 17.8 Å². The maximum Gasteiger partial charge on any atom is 0.113 e. The Bertz CT molecular complexity index is 992. The van der Waals surface area contributed by atoms with Crippen LogP contribution in [0.1, 0.15) is 36.1 Å². The molecule has 2 N–H and O–H groups in total. The normalized spacial score (nSPS) is 14.1. The van der Waals surface area contributed by atoms with Crippen LogP contribution in [0.15, 0.2) is 66.9 Å². The van der Waals surface area contributed by atoms with Crippen molar-refractivity contribution in [3.05, 3.63) is 88.7 Å². The lowest BCUT2D eigenvalue weighted by Gasteiger charge is -2.10. The molecule has 2 aromatic carbocycles. The number of benzene rings is 2. The van der Waals surface area contributed by atoms with Gasteiger partial charge in [-0.25, -0.2) is 4.98 Å². The van der Waals surface area contributed by atoms with Gasteiger partial charge in [0.2, 0.25) is 0 Å². The highest BCUT2D eigenvalue weighted by molar-refractivity contribution is 6.30. The summed E-state index contributed by atoms with van der Waals surface area (Å²) in [6, 6.07) is 20.9. The van der Waals surface area contributed by atoms with Crippen molar-refractivity contribution in [2.75, 3.05) is 0 Å². The van der Waals surface area contributed by atoms with E-state index in [2.05, 4.69) is 41.1 Å². The molecule has 1 atom stereocenters. The number of pyridine rings is 1. The van der Waals surface area contributed by atoms with Crippen molar-refractivity contribution in [3.63, 3.8) is 0 Å². The average molecular weight is 401 g/mol. The zero-order valence-electron chi connectivity index (χ0n) is 16.4. The Morgan fingerprint density at radius 2 is 1.62 bits per heavy atom. The Balaban J connectivity index is 1.28. The molecule has 0 radical (unpaired) electrons. The second-order valence-corrected chi connectivity index (χ2v) is 8.20. The second kappa shape index (κ2) is 9.27. The van der Waals surface area contributed by atoms with Gasteiger partial charge in [-0.2, -0.15) is 0 Å². The molecule has 1 saturated carbocycles. The van der Waals surface area contributed by atoms with E-state index in [1.807, 2.05) is 42.6 Å². The summed E-state index contributed by atoms with van der Waals surface area (Å²) in [7, 11) is 0. The van der Waals surface area contributed by atoms with E-state index < -0.39 is 0 Å². The van der Waals surface area contributed by atoms with E-state index in [1.54, 1.807) is 0 Å². The van der Waals surface area contributed by atoms with Crippen LogP contribution in [-0.4, -0.2) is 11.0 Å². The van der Waals surface area contributed by atoms with Crippen molar-refractivity contribution >= 4 is 11.6 Å². The molecule has 4 rings (SSSR count). The summed E-state index contributed by atoms with van der Waals surface area (Å²) in [5.41, 5.74) is 11.8. The molecule has 3 aromatic rings. The van der Waals surface area contributed by atoms with E-state index in [0.717, 1.165) is 47.0 Å². The topological polar surface area (TPSA) is 38.9 Å². The van der Waals surface area contributed by atoms with Crippen molar-refractivity contribution in [1.82, 2.24) is 4.98 Å². The van der Waals surface area contributed by atoms with Gasteiger partial charge in [0, 0.05) is 29.2 Å². The fourth-order valence-corrected chi connectivity index (χ4v) is 3.57. The Kier molecular flexibility index (Phi) is 6.30. The Morgan fingerprint density at radius 1 is 0.931 bits per heavy atom. The molecule has 1 heterocycles. The van der Waals surface area contributed by atoms with Gasteiger partial charge in [-0.15, -0.1) is 0 Å². The molecule has 0 spiro atoms. The van der Waals surface area contributed by atoms with Crippen molar-refractivity contribution in [2.24, 2.45) is 11.7 Å². The van der Waals surface area contributed by atoms with E-state index in [4.69, 9.17) is 17.3 Å². The molecule has 146 valence electrons. The van der Waals surface area contributed by atoms with E-state index in [-0.39, 0.29) is 0 Å². The first-order valence-electron chi connectivity index (χ1n) is 10.2. The SMILES string of the molecule is NC(Cc1ccc(CCC#Cc2ccc(-c3ccc(Cl)cc3)cn2)cc1)C1CC1. The van der Waals surface area contributed by atoms with Gasteiger partial charge in [-0.3, -0.25) is 0 Å². The van der Waals surface area contributed by atoms with Crippen molar-refractivity contribution in [3.8, 4) is 23.0 Å². The van der Waals surface area contributed by atoms with E-state index in [1.165, 1.54) is 24.0 Å². The minimum Gasteiger partial charge on any atom is -0.327 e. The molecule has 1 aliphatic carbocycles. The summed E-state index contributed by atoms with van der Waals surface area (Å²) in [6.07, 6.45) is 7.22. The fourth-order valence-electron chi connectivity index (χ4n) is 3.45. The zero-order valence-corrected chi connectivity index (χ0v) is 17.2. The fraction of sp³-hybridized carbons (Fsp3) is 0.269. The monoisotopic (exact) mass is 400 g/mol. The Hall–Kier alpha value is -2.60. The highest BCUT2D eigenvalue weighted by Crippen LogP contribution is 2.32. The molecular weight excluding hydrogens is 376 g/mol. The highest BCUT2D eigenvalue weighted by Gasteiger charge is 2.28. The molecule has 1 unspecified atom stereocenters. The van der Waals surface area contributed by atoms with Crippen LogP contribution in [0.2, 0.25) is 5.02 Å². The number of aryl methyl sites for hydroxylation is 1. The quantitative estimate of drug-likeness (QED) is 0.541. The number of aromatic nitrogens is 1. The van der Waals surface area contributed by atoms with Gasteiger partial charge < -0.3 is 5.73 Å². The predicted molar refractivity (Wildman–Crippen MR) is 121 cm³/mol. The van der Waals surface area contributed by atoms with Gasteiger partial charge in [-0.05, 0) is 72.4 Å². The lowest BCUT2D eigenvalue weighted by molar-refractivity contribution is 0.591. The molecule has 1 aromatic heterocycles. The van der Waals surface area contributed by atoms with Crippen LogP contribution < -0.4 is 5.73 Å². The number of rotatable bonds is 6. The number of hydrogen-bond donors (Lipinski definition) is 1. The Labute approximate surface area is 178 Å². The van der Waals surface area contributed by atoms with E-state index >= 15 is 0 Å². The molecule has 2 nitrogen and oxygen atoms in total. The smallest absolute Gasteiger partial charge is 0.113 e. The molecule has 0 aliphatic heterocycles. The average Bonchev–Trinajstić information content (AvgIpc) is 3.59. The maximum absolute atomic E-state index is 6.22. The minimum absolute atomic E-state index is 0.324. The van der Waals surface area contributed by atoms with Gasteiger partial charge in [-0.1, -0.05) is 60.0 Å². The van der Waals surface area contributed by atoms with Gasteiger partial charge in [0.25, 0.3) is 0 Å². The molecule has 0 bridgehead atoms. The van der Waals surface area contributed by atoms with E-state index in [0.29, 0.717) is 6.04 Å². The first kappa shape index (κ1) is 19.7. The summed E-state index contributed by atoms with van der Waals surface area (Å²) in [5.74, 6) is 7.15. The lowest BCUT2D eigenvalue weighted by Crippen LogP contribution is -2.24. The second-order valence-electron chi connectivity index (χ2n) is 7.76. The summed E-state index contributed by atoms with van der Waals surface area (Å²) < 4.78 is 0. The van der Waals surface area contributed by atoms with Gasteiger partial charge in [0.1, 0.15) is 5.69 Å². The first-order chi connectivity index (χ1) is 14.2. The number of nitrogens with zero attached hydrogens (tertiary/aromatic N) is 1. The maximum atomic E-state index is 6.22. The molecule has 3 heteroatoms. The standard InChI is InChI=1S/C26H25ClN2/c27-24-14-11-21(12-15-24)23-13-16-25(29-18-23)4-2-1-3-19-5-7-20(8-6-19)17-26(28)22-9-10-22/h5-8,11-16,18,22,26H,1,3,9-10,17,28H2. The summed E-state index contributed by atoms with van der Waals surface area (Å²) in [4.78, 5) is 4.46. The third-order valence-corrected chi connectivity index (χ3v) is 5.67. The first-order valence-corrected chi connectivity index (χ1v) is 10.6. The van der Waals surface area contributed by atoms with E-state index in [9.17, 15) is 0 Å². The van der Waals surface area contributed by atoms with Crippen LogP contribution in [-0.2, 0) is 12.8 Å². The molecule has 29 heavy (non-hydrogen) atoms.